The Bertz CT molecular complexity index is 809. The topological polar surface area (TPSA) is 53.5 Å². The van der Waals surface area contributed by atoms with Gasteiger partial charge in [-0.25, -0.2) is 4.99 Å². The average Bonchev–Trinajstić information content (AvgIpc) is 3.13. The number of allylic oxidation sites excluding steroid dienone is 1. The zero-order valence-electron chi connectivity index (χ0n) is 16.3. The van der Waals surface area contributed by atoms with Crippen LogP contribution in [0.2, 0.25) is 0 Å². The van der Waals surface area contributed by atoms with Crippen LogP contribution in [0.5, 0.6) is 0 Å². The van der Waals surface area contributed by atoms with Crippen molar-refractivity contribution in [3.8, 4) is 0 Å². The highest BCUT2D eigenvalue weighted by Gasteiger charge is 2.38. The van der Waals surface area contributed by atoms with E-state index in [2.05, 4.69) is 41.4 Å². The van der Waals surface area contributed by atoms with E-state index in [0.717, 1.165) is 42.5 Å². The van der Waals surface area contributed by atoms with E-state index in [-0.39, 0.29) is 11.4 Å². The predicted octanol–water partition coefficient (Wildman–Crippen LogP) is 4.52. The van der Waals surface area contributed by atoms with Crippen LogP contribution in [0.4, 0.5) is 5.69 Å². The van der Waals surface area contributed by atoms with E-state index < -0.39 is 0 Å². The van der Waals surface area contributed by atoms with Crippen LogP contribution in [0.1, 0.15) is 58.1 Å². The van der Waals surface area contributed by atoms with Gasteiger partial charge in [0.1, 0.15) is 5.82 Å². The molecule has 3 rings (SSSR count). The van der Waals surface area contributed by atoms with Gasteiger partial charge in [-0.1, -0.05) is 11.6 Å². The minimum absolute atomic E-state index is 0.0843. The smallest absolute Gasteiger partial charge is 0.255 e. The maximum atomic E-state index is 13.0. The molecule has 0 unspecified atom stereocenters. The summed E-state index contributed by atoms with van der Waals surface area (Å²) in [4.78, 5) is 17.2. The van der Waals surface area contributed by atoms with Crippen molar-refractivity contribution in [3.05, 3.63) is 51.9 Å². The highest BCUT2D eigenvalue weighted by atomic mass is 16.1. The second-order valence-electron chi connectivity index (χ2n) is 7.98. The van der Waals surface area contributed by atoms with Crippen LogP contribution in [-0.2, 0) is 17.6 Å². The Balaban J connectivity index is 1.84. The molecule has 1 aromatic carbocycles. The van der Waals surface area contributed by atoms with Gasteiger partial charge in [0.25, 0.3) is 5.91 Å². The number of benzene rings is 1. The molecule has 0 bridgehead atoms. The molecule has 138 valence electrons. The molecule has 4 heteroatoms. The number of hydrogen-bond acceptors (Lipinski definition) is 3. The fourth-order valence-corrected chi connectivity index (χ4v) is 3.58. The van der Waals surface area contributed by atoms with Gasteiger partial charge in [-0.2, -0.15) is 0 Å². The van der Waals surface area contributed by atoms with E-state index in [1.807, 2.05) is 26.8 Å². The number of anilines is 1. The van der Waals surface area contributed by atoms with E-state index in [1.165, 1.54) is 17.5 Å². The zero-order valence-corrected chi connectivity index (χ0v) is 16.3. The summed E-state index contributed by atoms with van der Waals surface area (Å²) in [5, 5.41) is 6.51. The van der Waals surface area contributed by atoms with Crippen molar-refractivity contribution in [2.24, 2.45) is 4.99 Å². The van der Waals surface area contributed by atoms with Crippen LogP contribution < -0.4 is 10.6 Å². The number of nitrogens with one attached hydrogen (secondary N) is 2. The predicted molar refractivity (Wildman–Crippen MR) is 108 cm³/mol. The summed E-state index contributed by atoms with van der Waals surface area (Å²) in [7, 11) is 0. The maximum Gasteiger partial charge on any atom is 0.255 e. The normalized spacial score (nSPS) is 17.7. The van der Waals surface area contributed by atoms with E-state index in [9.17, 15) is 4.79 Å². The Labute approximate surface area is 156 Å². The van der Waals surface area contributed by atoms with Crippen molar-refractivity contribution in [2.75, 3.05) is 5.32 Å². The molecule has 0 spiro atoms. The van der Waals surface area contributed by atoms with E-state index in [0.29, 0.717) is 11.4 Å². The van der Waals surface area contributed by atoms with E-state index >= 15 is 0 Å². The Morgan fingerprint density at radius 1 is 1.15 bits per heavy atom. The molecule has 1 amide bonds. The molecular formula is C22H29N3O. The number of amides is 1. The first-order chi connectivity index (χ1) is 12.3. The first-order valence-electron chi connectivity index (χ1n) is 9.40. The minimum atomic E-state index is -0.0932. The van der Waals surface area contributed by atoms with Crippen molar-refractivity contribution >= 4 is 18.3 Å². The molecule has 1 aromatic rings. The standard InChI is InChI=1S/C22H29N3O/c1-14(2)19(15(3)20(23-5)25-22(4)11-12-22)21(26)24-18-10-9-16-7-6-8-17(16)13-18/h9-10,13,25H,5-8,11-12H2,1-4H3,(H,24,26)/b20-15-. The number of carbonyl (C=O) groups excluding carboxylic acids is 1. The van der Waals surface area contributed by atoms with Crippen LogP contribution in [0, 0.1) is 0 Å². The van der Waals surface area contributed by atoms with Crippen LogP contribution in [-0.4, -0.2) is 18.2 Å². The minimum Gasteiger partial charge on any atom is -0.365 e. The summed E-state index contributed by atoms with van der Waals surface area (Å²) in [6.07, 6.45) is 5.67. The van der Waals surface area contributed by atoms with Gasteiger partial charge in [0.05, 0.1) is 0 Å². The lowest BCUT2D eigenvalue weighted by atomic mass is 10.0. The SMILES string of the molecule is C=N/C(NC1(C)CC1)=C(\C)C(C(=O)Nc1ccc2c(c1)CCC2)=C(C)C. The number of aliphatic imine (C=N–C) groups is 1. The lowest BCUT2D eigenvalue weighted by Gasteiger charge is -2.19. The molecule has 0 heterocycles. The number of rotatable bonds is 6. The van der Waals surface area contributed by atoms with Gasteiger partial charge in [-0.05, 0) is 89.8 Å². The summed E-state index contributed by atoms with van der Waals surface area (Å²) in [5.41, 5.74) is 6.17. The van der Waals surface area contributed by atoms with Crippen molar-refractivity contribution < 1.29 is 4.79 Å². The van der Waals surface area contributed by atoms with Crippen LogP contribution in [0.3, 0.4) is 0 Å². The lowest BCUT2D eigenvalue weighted by molar-refractivity contribution is -0.112. The average molecular weight is 351 g/mol. The van der Waals surface area contributed by atoms with Gasteiger partial charge < -0.3 is 10.6 Å². The zero-order chi connectivity index (χ0) is 18.9. The number of fused-ring (bicyclic) bond motifs is 1. The van der Waals surface area contributed by atoms with Crippen molar-refractivity contribution in [3.63, 3.8) is 0 Å². The molecule has 0 saturated heterocycles. The number of carbonyl (C=O) groups is 1. The molecule has 1 saturated carbocycles. The van der Waals surface area contributed by atoms with Gasteiger partial charge in [0.2, 0.25) is 0 Å². The molecule has 0 aliphatic heterocycles. The number of aryl methyl sites for hydroxylation is 2. The Morgan fingerprint density at radius 2 is 1.85 bits per heavy atom. The van der Waals surface area contributed by atoms with Crippen LogP contribution in [0.25, 0.3) is 0 Å². The van der Waals surface area contributed by atoms with Gasteiger partial charge >= 0.3 is 0 Å². The quantitative estimate of drug-likeness (QED) is 0.450. The summed E-state index contributed by atoms with van der Waals surface area (Å²) in [6, 6.07) is 6.24. The van der Waals surface area contributed by atoms with Crippen molar-refractivity contribution in [1.29, 1.82) is 0 Å². The highest BCUT2D eigenvalue weighted by molar-refractivity contribution is 6.07. The summed E-state index contributed by atoms with van der Waals surface area (Å²) in [5.74, 6) is 0.606. The molecule has 26 heavy (non-hydrogen) atoms. The first kappa shape index (κ1) is 18.4. The molecule has 2 aliphatic carbocycles. The van der Waals surface area contributed by atoms with Gasteiger partial charge in [0.15, 0.2) is 0 Å². The van der Waals surface area contributed by atoms with Crippen molar-refractivity contribution in [2.45, 2.75) is 65.3 Å². The molecule has 2 N–H and O–H groups in total. The molecule has 0 radical (unpaired) electrons. The highest BCUT2D eigenvalue weighted by Crippen LogP contribution is 2.36. The maximum absolute atomic E-state index is 13.0. The molecule has 4 nitrogen and oxygen atoms in total. The van der Waals surface area contributed by atoms with E-state index in [4.69, 9.17) is 0 Å². The Kier molecular flexibility index (Phi) is 5.03. The van der Waals surface area contributed by atoms with Crippen LogP contribution >= 0.6 is 0 Å². The van der Waals surface area contributed by atoms with E-state index in [1.54, 1.807) is 0 Å². The summed E-state index contributed by atoms with van der Waals surface area (Å²) >= 11 is 0. The first-order valence-corrected chi connectivity index (χ1v) is 9.40. The monoisotopic (exact) mass is 351 g/mol. The third-order valence-corrected chi connectivity index (χ3v) is 5.39. The van der Waals surface area contributed by atoms with Gasteiger partial charge in [0, 0.05) is 22.4 Å². The van der Waals surface area contributed by atoms with Gasteiger partial charge in [-0.15, -0.1) is 0 Å². The molecular weight excluding hydrogens is 322 g/mol. The number of nitrogens with zero attached hydrogens (tertiary/aromatic N) is 1. The van der Waals surface area contributed by atoms with Gasteiger partial charge in [-0.3, -0.25) is 4.79 Å². The largest absolute Gasteiger partial charge is 0.365 e. The Hall–Kier alpha value is -2.36. The molecule has 0 aromatic heterocycles. The fourth-order valence-electron chi connectivity index (χ4n) is 3.58. The summed E-state index contributed by atoms with van der Waals surface area (Å²) in [6.45, 7) is 11.7. The second-order valence-corrected chi connectivity index (χ2v) is 7.98. The van der Waals surface area contributed by atoms with Crippen LogP contribution in [0.15, 0.2) is 45.7 Å². The summed E-state index contributed by atoms with van der Waals surface area (Å²) < 4.78 is 0. The molecule has 0 atom stereocenters. The van der Waals surface area contributed by atoms with Crippen molar-refractivity contribution in [1.82, 2.24) is 5.32 Å². The Morgan fingerprint density at radius 3 is 2.46 bits per heavy atom. The second kappa shape index (κ2) is 7.10. The molecule has 2 aliphatic rings. The molecule has 1 fully saturated rings. The lowest BCUT2D eigenvalue weighted by Crippen LogP contribution is -2.28. The third kappa shape index (κ3) is 3.90. The third-order valence-electron chi connectivity index (χ3n) is 5.39. The number of hydrogen-bond donors (Lipinski definition) is 2. The fraction of sp³-hybridized carbons (Fsp3) is 0.455.